The van der Waals surface area contributed by atoms with Gasteiger partial charge in [-0.05, 0) is 60.3 Å². The molecule has 1 aromatic heterocycles. The lowest BCUT2D eigenvalue weighted by molar-refractivity contribution is -0.137. The van der Waals surface area contributed by atoms with Gasteiger partial charge in [-0.15, -0.1) is 0 Å². The smallest absolute Gasteiger partial charge is 0.253 e. The van der Waals surface area contributed by atoms with Gasteiger partial charge in [0.05, 0.1) is 11.8 Å². The van der Waals surface area contributed by atoms with Crippen molar-refractivity contribution in [3.8, 4) is 11.1 Å². The van der Waals surface area contributed by atoms with Crippen LogP contribution in [0.3, 0.4) is 0 Å². The minimum absolute atomic E-state index is 0.0821. The molecule has 4 amide bonds. The number of aliphatic hydroxyl groups is 1. The number of alkyl halides is 1. The zero-order valence-electron chi connectivity index (χ0n) is 34.1. The highest BCUT2D eigenvalue weighted by Crippen LogP contribution is 2.42. The fourth-order valence-electron chi connectivity index (χ4n) is 7.55. The number of thioether (sulfide) groups is 1. The molecule has 2 aliphatic rings. The molecule has 2 aromatic carbocycles. The largest absolute Gasteiger partial charge is 0.379 e. The molecule has 1 saturated heterocycles. The number of amides is 4. The first-order valence-corrected chi connectivity index (χ1v) is 21.5. The van der Waals surface area contributed by atoms with Gasteiger partial charge in [0.15, 0.2) is 0 Å². The minimum atomic E-state index is -1.14. The number of aromatic nitrogens is 1. The van der Waals surface area contributed by atoms with Gasteiger partial charge in [0.2, 0.25) is 11.8 Å². The summed E-state index contributed by atoms with van der Waals surface area (Å²) in [7, 11) is 0. The maximum atomic E-state index is 15.2. The molecule has 0 spiro atoms. The molecular formula is C44H57F3N6O5S. The van der Waals surface area contributed by atoms with Crippen LogP contribution in [0.15, 0.2) is 72.9 Å². The molecule has 2 aliphatic heterocycles. The molecule has 0 aliphatic carbocycles. The average Bonchev–Trinajstić information content (AvgIpc) is 3.89. The van der Waals surface area contributed by atoms with Gasteiger partial charge in [-0.1, -0.05) is 57.5 Å². The maximum absolute atomic E-state index is 15.2. The number of halogens is 3. The molecule has 11 nitrogen and oxygen atoms in total. The molecule has 0 radical (unpaired) electrons. The predicted octanol–water partition coefficient (Wildman–Crippen LogP) is 5.59. The highest BCUT2D eigenvalue weighted by atomic mass is 32.2. The van der Waals surface area contributed by atoms with Crippen molar-refractivity contribution in [2.24, 2.45) is 11.3 Å². The number of benzene rings is 2. The quantitative estimate of drug-likeness (QED) is 0.0585. The van der Waals surface area contributed by atoms with Crippen LogP contribution < -0.4 is 16.0 Å². The van der Waals surface area contributed by atoms with E-state index in [9.17, 15) is 28.7 Å². The number of unbranched alkanes of at least 4 members (excludes halogenated alkanes) is 2. The fraction of sp³-hybridized carbons (Fsp3) is 0.500. The first-order chi connectivity index (χ1) is 28.2. The topological polar surface area (TPSA) is 136 Å². The second-order valence-corrected chi connectivity index (χ2v) is 17.4. The Kier molecular flexibility index (Phi) is 16.8. The van der Waals surface area contributed by atoms with E-state index >= 15 is 8.78 Å². The lowest BCUT2D eigenvalue weighted by Gasteiger charge is -2.42. The molecule has 59 heavy (non-hydrogen) atoms. The van der Waals surface area contributed by atoms with Crippen molar-refractivity contribution in [1.82, 2.24) is 30.3 Å². The summed E-state index contributed by atoms with van der Waals surface area (Å²) < 4.78 is 46.8. The summed E-state index contributed by atoms with van der Waals surface area (Å²) in [6.45, 7) is 8.22. The average molecular weight is 839 g/mol. The van der Waals surface area contributed by atoms with E-state index in [1.165, 1.54) is 34.9 Å². The lowest BCUT2D eigenvalue weighted by atomic mass is 9.82. The molecule has 320 valence electrons. The molecule has 15 heteroatoms. The molecule has 0 saturated carbocycles. The second kappa shape index (κ2) is 21.7. The van der Waals surface area contributed by atoms with Crippen LogP contribution in [0.4, 0.5) is 13.2 Å². The van der Waals surface area contributed by atoms with Gasteiger partial charge in [-0.25, -0.2) is 13.2 Å². The Morgan fingerprint density at radius 1 is 1.00 bits per heavy atom. The number of aliphatic hydroxyl groups excluding tert-OH is 1. The molecule has 5 rings (SSSR count). The number of nitrogens with zero attached hydrogens (tertiary/aromatic N) is 3. The molecule has 1 unspecified atom stereocenters. The van der Waals surface area contributed by atoms with Crippen molar-refractivity contribution in [1.29, 1.82) is 0 Å². The van der Waals surface area contributed by atoms with E-state index in [1.54, 1.807) is 11.1 Å². The highest BCUT2D eigenvalue weighted by molar-refractivity contribution is 7.99. The van der Waals surface area contributed by atoms with Crippen molar-refractivity contribution in [2.75, 3.05) is 50.8 Å². The van der Waals surface area contributed by atoms with Crippen LogP contribution in [0, 0.1) is 23.0 Å². The normalized spacial score (nSPS) is 17.8. The van der Waals surface area contributed by atoms with Crippen LogP contribution in [-0.2, 0) is 25.7 Å². The summed E-state index contributed by atoms with van der Waals surface area (Å²) in [5.41, 5.74) is 1.71. The minimum Gasteiger partial charge on any atom is -0.379 e. The first-order valence-electron chi connectivity index (χ1n) is 20.3. The van der Waals surface area contributed by atoms with Crippen molar-refractivity contribution in [3.63, 3.8) is 0 Å². The number of rotatable bonds is 22. The van der Waals surface area contributed by atoms with Gasteiger partial charge in [0.1, 0.15) is 24.0 Å². The maximum Gasteiger partial charge on any atom is 0.253 e. The molecule has 1 fully saturated rings. The molecule has 0 bridgehead atoms. The van der Waals surface area contributed by atoms with Gasteiger partial charge >= 0.3 is 0 Å². The predicted molar refractivity (Wildman–Crippen MR) is 224 cm³/mol. The van der Waals surface area contributed by atoms with Gasteiger partial charge in [0.25, 0.3) is 11.8 Å². The van der Waals surface area contributed by atoms with E-state index in [-0.39, 0.29) is 48.0 Å². The fourth-order valence-corrected chi connectivity index (χ4v) is 8.42. The van der Waals surface area contributed by atoms with Gasteiger partial charge in [-0.3, -0.25) is 29.4 Å². The van der Waals surface area contributed by atoms with Gasteiger partial charge < -0.3 is 25.2 Å². The van der Waals surface area contributed by atoms with E-state index in [4.69, 9.17) is 0 Å². The summed E-state index contributed by atoms with van der Waals surface area (Å²) in [5.74, 6) is -1.97. The summed E-state index contributed by atoms with van der Waals surface area (Å²) in [6.07, 6.45) is 4.90. The first kappa shape index (κ1) is 45.6. The number of carbonyl (C=O) groups is 4. The number of imide groups is 1. The zero-order valence-corrected chi connectivity index (χ0v) is 34.9. The van der Waals surface area contributed by atoms with Crippen molar-refractivity contribution in [2.45, 2.75) is 77.9 Å². The summed E-state index contributed by atoms with van der Waals surface area (Å²) in [5, 5.41) is 19.5. The SMILES string of the molecule is CC(C)(C)[C@H](c1cc(-c2cc(F)ccc2F)cn1Cc1ccccc1)N(C[C@@H]1CNC[C@@H]1F)C(=O)CSCCC(O)NCCNC(=O)CCCCCN1C(=O)C=CC1=O. The van der Waals surface area contributed by atoms with E-state index in [0.29, 0.717) is 76.1 Å². The van der Waals surface area contributed by atoms with Crippen LogP contribution in [0.25, 0.3) is 11.1 Å². The van der Waals surface area contributed by atoms with E-state index in [1.807, 2.05) is 61.7 Å². The second-order valence-electron chi connectivity index (χ2n) is 16.3. The number of carbonyl (C=O) groups excluding carboxylic acids is 4. The Hall–Kier alpha value is -4.44. The Balaban J connectivity index is 1.17. The summed E-state index contributed by atoms with van der Waals surface area (Å²) in [4.78, 5) is 52.8. The third kappa shape index (κ3) is 13.3. The number of hydrogen-bond donors (Lipinski definition) is 4. The van der Waals surface area contributed by atoms with E-state index in [2.05, 4.69) is 16.0 Å². The highest BCUT2D eigenvalue weighted by Gasteiger charge is 2.40. The standard InChI is InChI=1S/C44H57F3N6O5S/c1-44(2,3)43(37-22-31(34-23-33(45)13-14-35(34)46)27-51(37)26-30-10-6-4-7-11-30)53(28-32-24-48-25-36(32)47)42(58)29-59-21-17-39(55)50-19-18-49-38(54)12-8-5-9-20-52-40(56)15-16-41(52)57/h4,6-7,10-11,13-16,22-23,27,32,36,39,43,48,50,55H,5,8-9,12,17-21,24-26,28-29H2,1-3H3,(H,49,54)/t32-,36-,39?,43-/m0/s1. The van der Waals surface area contributed by atoms with Crippen LogP contribution in [0.2, 0.25) is 0 Å². The lowest BCUT2D eigenvalue weighted by Crippen LogP contribution is -2.46. The van der Waals surface area contributed by atoms with Crippen LogP contribution in [-0.4, -0.2) is 106 Å². The van der Waals surface area contributed by atoms with Crippen molar-refractivity contribution >= 4 is 35.4 Å². The molecule has 4 atom stereocenters. The Morgan fingerprint density at radius 2 is 1.75 bits per heavy atom. The molecule has 3 aromatic rings. The van der Waals surface area contributed by atoms with E-state index in [0.717, 1.165) is 23.4 Å². The third-order valence-electron chi connectivity index (χ3n) is 10.6. The van der Waals surface area contributed by atoms with Crippen molar-refractivity contribution in [3.05, 3.63) is 95.8 Å². The monoisotopic (exact) mass is 838 g/mol. The Morgan fingerprint density at radius 3 is 2.44 bits per heavy atom. The molecule has 4 N–H and O–H groups in total. The molecule has 3 heterocycles. The van der Waals surface area contributed by atoms with E-state index < -0.39 is 41.4 Å². The summed E-state index contributed by atoms with van der Waals surface area (Å²) >= 11 is 1.37. The Bertz CT molecular complexity index is 1900. The van der Waals surface area contributed by atoms with Crippen LogP contribution >= 0.6 is 11.8 Å². The van der Waals surface area contributed by atoms with Crippen LogP contribution in [0.5, 0.6) is 0 Å². The summed E-state index contributed by atoms with van der Waals surface area (Å²) in [6, 6.07) is 14.3. The zero-order chi connectivity index (χ0) is 42.5. The molecular weight excluding hydrogens is 782 g/mol. The van der Waals surface area contributed by atoms with Crippen molar-refractivity contribution < 1.29 is 37.5 Å². The number of hydrogen-bond acceptors (Lipinski definition) is 8. The Labute approximate surface area is 349 Å². The van der Waals surface area contributed by atoms with Gasteiger partial charge in [-0.2, -0.15) is 11.8 Å². The van der Waals surface area contributed by atoms with Crippen LogP contribution in [0.1, 0.15) is 70.2 Å². The van der Waals surface area contributed by atoms with Gasteiger partial charge in [0, 0.05) is 93.3 Å². The number of nitrogens with one attached hydrogen (secondary N) is 3. The third-order valence-corrected chi connectivity index (χ3v) is 11.5.